The van der Waals surface area contributed by atoms with Gasteiger partial charge in [-0.25, -0.2) is 9.67 Å². The Kier molecular flexibility index (Phi) is 5.08. The maximum atomic E-state index is 9.42. The summed E-state index contributed by atoms with van der Waals surface area (Å²) in [6.45, 7) is 6.31. The molecule has 0 saturated carbocycles. The van der Waals surface area contributed by atoms with E-state index in [-0.39, 0.29) is 6.61 Å². The molecule has 2 aromatic heterocycles. The van der Waals surface area contributed by atoms with Crippen LogP contribution in [-0.2, 0) is 13.1 Å². The summed E-state index contributed by atoms with van der Waals surface area (Å²) in [5, 5.41) is 13.8. The lowest BCUT2D eigenvalue weighted by Gasteiger charge is -2.23. The molecule has 0 fully saturated rings. The molecule has 24 heavy (non-hydrogen) atoms. The van der Waals surface area contributed by atoms with E-state index in [4.69, 9.17) is 0 Å². The lowest BCUT2D eigenvalue weighted by molar-refractivity contribution is 0.181. The number of aromatic nitrogens is 4. The Morgan fingerprint density at radius 2 is 2.08 bits per heavy atom. The summed E-state index contributed by atoms with van der Waals surface area (Å²) in [4.78, 5) is 9.60. The van der Waals surface area contributed by atoms with Crippen molar-refractivity contribution in [3.8, 4) is 5.69 Å². The SMILES string of the molecule is Cc1cc(C)c(CN(CCO)Cc2ncc[nH]2)c(-n2cccn2)c1. The number of aromatic amines is 1. The van der Waals surface area contributed by atoms with Crippen LogP contribution in [0.5, 0.6) is 0 Å². The molecule has 0 radical (unpaired) electrons. The summed E-state index contributed by atoms with van der Waals surface area (Å²) in [5.74, 6) is 0.897. The largest absolute Gasteiger partial charge is 0.395 e. The molecule has 0 aliphatic heterocycles. The molecule has 0 unspecified atom stereocenters. The van der Waals surface area contributed by atoms with Crippen LogP contribution in [0.3, 0.4) is 0 Å². The number of aryl methyl sites for hydroxylation is 2. The first-order valence-electron chi connectivity index (χ1n) is 8.09. The van der Waals surface area contributed by atoms with E-state index in [1.54, 1.807) is 12.4 Å². The average Bonchev–Trinajstić information content (AvgIpc) is 3.23. The van der Waals surface area contributed by atoms with Crippen LogP contribution in [0.25, 0.3) is 5.69 Å². The minimum Gasteiger partial charge on any atom is -0.395 e. The van der Waals surface area contributed by atoms with Gasteiger partial charge in [-0.3, -0.25) is 4.90 Å². The second-order valence-corrected chi connectivity index (χ2v) is 6.00. The van der Waals surface area contributed by atoms with Crippen LogP contribution in [0, 0.1) is 13.8 Å². The van der Waals surface area contributed by atoms with Gasteiger partial charge in [0.1, 0.15) is 5.82 Å². The summed E-state index contributed by atoms with van der Waals surface area (Å²) < 4.78 is 1.90. The van der Waals surface area contributed by atoms with Crippen molar-refractivity contribution in [1.82, 2.24) is 24.6 Å². The van der Waals surface area contributed by atoms with E-state index in [2.05, 4.69) is 45.9 Å². The molecule has 2 N–H and O–H groups in total. The Bertz CT molecular complexity index is 765. The Hall–Kier alpha value is -2.44. The van der Waals surface area contributed by atoms with Crippen LogP contribution in [0.2, 0.25) is 0 Å². The van der Waals surface area contributed by atoms with Gasteiger partial charge in [0.25, 0.3) is 0 Å². The van der Waals surface area contributed by atoms with Gasteiger partial charge in [-0.05, 0) is 42.7 Å². The molecule has 0 atom stereocenters. The third kappa shape index (κ3) is 3.72. The molecule has 0 amide bonds. The van der Waals surface area contributed by atoms with Gasteiger partial charge in [-0.2, -0.15) is 5.10 Å². The molecule has 126 valence electrons. The number of hydrogen-bond acceptors (Lipinski definition) is 4. The maximum Gasteiger partial charge on any atom is 0.120 e. The zero-order valence-electron chi connectivity index (χ0n) is 14.1. The molecule has 3 rings (SSSR count). The van der Waals surface area contributed by atoms with Gasteiger partial charge < -0.3 is 10.1 Å². The molecular weight excluding hydrogens is 302 g/mol. The zero-order chi connectivity index (χ0) is 16.9. The highest BCUT2D eigenvalue weighted by atomic mass is 16.3. The smallest absolute Gasteiger partial charge is 0.120 e. The fraction of sp³-hybridized carbons (Fsp3) is 0.333. The van der Waals surface area contributed by atoms with Gasteiger partial charge in [0.2, 0.25) is 0 Å². The predicted octanol–water partition coefficient (Wildman–Crippen LogP) is 2.21. The van der Waals surface area contributed by atoms with E-state index in [1.807, 2.05) is 23.1 Å². The van der Waals surface area contributed by atoms with Crippen molar-refractivity contribution in [2.45, 2.75) is 26.9 Å². The molecule has 2 heterocycles. The third-order valence-electron chi connectivity index (χ3n) is 4.07. The molecule has 6 heteroatoms. The molecule has 0 bridgehead atoms. The van der Waals surface area contributed by atoms with E-state index in [0.717, 1.165) is 18.1 Å². The van der Waals surface area contributed by atoms with Crippen LogP contribution in [0.4, 0.5) is 0 Å². The number of benzene rings is 1. The highest BCUT2D eigenvalue weighted by Crippen LogP contribution is 2.23. The van der Waals surface area contributed by atoms with Gasteiger partial charge in [0, 0.05) is 37.9 Å². The van der Waals surface area contributed by atoms with Crippen molar-refractivity contribution >= 4 is 0 Å². The van der Waals surface area contributed by atoms with Crippen molar-refractivity contribution in [1.29, 1.82) is 0 Å². The Morgan fingerprint density at radius 3 is 2.75 bits per heavy atom. The third-order valence-corrected chi connectivity index (χ3v) is 4.07. The van der Waals surface area contributed by atoms with Crippen LogP contribution in [0.15, 0.2) is 43.0 Å². The quantitative estimate of drug-likeness (QED) is 0.699. The summed E-state index contributed by atoms with van der Waals surface area (Å²) in [6.07, 6.45) is 7.31. The Balaban J connectivity index is 1.92. The molecule has 0 spiro atoms. The van der Waals surface area contributed by atoms with Crippen LogP contribution in [-0.4, -0.2) is 42.9 Å². The predicted molar refractivity (Wildman–Crippen MR) is 92.8 cm³/mol. The van der Waals surface area contributed by atoms with E-state index < -0.39 is 0 Å². The Labute approximate surface area is 141 Å². The number of rotatable bonds is 7. The minimum atomic E-state index is 0.114. The first kappa shape index (κ1) is 16.4. The molecule has 1 aromatic carbocycles. The van der Waals surface area contributed by atoms with Crippen LogP contribution < -0.4 is 0 Å². The van der Waals surface area contributed by atoms with Gasteiger partial charge in [-0.1, -0.05) is 6.07 Å². The van der Waals surface area contributed by atoms with Crippen LogP contribution in [0.1, 0.15) is 22.5 Å². The van der Waals surface area contributed by atoms with Crippen molar-refractivity contribution < 1.29 is 5.11 Å². The molecule has 0 saturated heterocycles. The number of nitrogens with zero attached hydrogens (tertiary/aromatic N) is 4. The van der Waals surface area contributed by atoms with E-state index >= 15 is 0 Å². The second-order valence-electron chi connectivity index (χ2n) is 6.00. The highest BCUT2D eigenvalue weighted by molar-refractivity contribution is 5.48. The van der Waals surface area contributed by atoms with Gasteiger partial charge in [0.15, 0.2) is 0 Å². The minimum absolute atomic E-state index is 0.114. The van der Waals surface area contributed by atoms with Crippen molar-refractivity contribution in [2.24, 2.45) is 0 Å². The second kappa shape index (κ2) is 7.42. The summed E-state index contributed by atoms with van der Waals surface area (Å²) in [5.41, 5.74) is 4.73. The van der Waals surface area contributed by atoms with Crippen LogP contribution >= 0.6 is 0 Å². The topological polar surface area (TPSA) is 70.0 Å². The summed E-state index contributed by atoms with van der Waals surface area (Å²) >= 11 is 0. The molecule has 6 nitrogen and oxygen atoms in total. The normalized spacial score (nSPS) is 11.3. The summed E-state index contributed by atoms with van der Waals surface area (Å²) in [7, 11) is 0. The molecule has 3 aromatic rings. The number of aliphatic hydroxyl groups excluding tert-OH is 1. The fourth-order valence-corrected chi connectivity index (χ4v) is 2.97. The molecular formula is C18H23N5O. The standard InChI is InChI=1S/C18H23N5O/c1-14-10-15(2)16(17(11-14)23-7-3-4-21-23)12-22(8-9-24)13-18-19-5-6-20-18/h3-7,10-11,24H,8-9,12-13H2,1-2H3,(H,19,20). The van der Waals surface area contributed by atoms with Crippen molar-refractivity contribution in [3.63, 3.8) is 0 Å². The van der Waals surface area contributed by atoms with E-state index in [1.165, 1.54) is 16.7 Å². The highest BCUT2D eigenvalue weighted by Gasteiger charge is 2.15. The van der Waals surface area contributed by atoms with Gasteiger partial charge >= 0.3 is 0 Å². The number of imidazole rings is 1. The van der Waals surface area contributed by atoms with Gasteiger partial charge in [-0.15, -0.1) is 0 Å². The monoisotopic (exact) mass is 325 g/mol. The van der Waals surface area contributed by atoms with E-state index in [9.17, 15) is 5.11 Å². The zero-order valence-corrected chi connectivity index (χ0v) is 14.1. The fourth-order valence-electron chi connectivity index (χ4n) is 2.97. The molecule has 0 aliphatic rings. The Morgan fingerprint density at radius 1 is 1.21 bits per heavy atom. The number of aliphatic hydroxyl groups is 1. The van der Waals surface area contributed by atoms with Gasteiger partial charge in [0.05, 0.1) is 18.8 Å². The number of H-pyrrole nitrogens is 1. The first-order chi connectivity index (χ1) is 11.7. The summed E-state index contributed by atoms with van der Waals surface area (Å²) in [6, 6.07) is 6.27. The lowest BCUT2D eigenvalue weighted by atomic mass is 10.0. The lowest BCUT2D eigenvalue weighted by Crippen LogP contribution is -2.27. The number of nitrogens with one attached hydrogen (secondary N) is 1. The first-order valence-corrected chi connectivity index (χ1v) is 8.09. The van der Waals surface area contributed by atoms with E-state index in [0.29, 0.717) is 13.1 Å². The maximum absolute atomic E-state index is 9.42. The van der Waals surface area contributed by atoms with Crippen molar-refractivity contribution in [3.05, 3.63) is 65.5 Å². The van der Waals surface area contributed by atoms with Crippen molar-refractivity contribution in [2.75, 3.05) is 13.2 Å². The molecule has 0 aliphatic carbocycles. The average molecular weight is 325 g/mol. The number of hydrogen-bond donors (Lipinski definition) is 2.